The summed E-state index contributed by atoms with van der Waals surface area (Å²) in [6.07, 6.45) is 0. The van der Waals surface area contributed by atoms with Gasteiger partial charge in [-0.2, -0.15) is 0 Å². The molecule has 4 nitrogen and oxygen atoms in total. The molecule has 0 fully saturated rings. The van der Waals surface area contributed by atoms with Gasteiger partial charge in [0.25, 0.3) is 5.69 Å². The molecule has 0 atom stereocenters. The summed E-state index contributed by atoms with van der Waals surface area (Å²) in [5, 5.41) is 11.4. The molecule has 110 valence electrons. The molecule has 22 heavy (non-hydrogen) atoms. The Balaban J connectivity index is 2.09. The Kier molecular flexibility index (Phi) is 4.06. The fourth-order valence-electron chi connectivity index (χ4n) is 2.09. The third-order valence-electron chi connectivity index (χ3n) is 3.12. The maximum atomic E-state index is 10.7. The number of nitro benzene ring substituents is 1. The molecular formula is C15H9ClN2O2S2. The Morgan fingerprint density at radius 2 is 1.64 bits per heavy atom. The van der Waals surface area contributed by atoms with E-state index in [-0.39, 0.29) is 5.69 Å². The van der Waals surface area contributed by atoms with E-state index in [4.69, 9.17) is 23.8 Å². The normalized spacial score (nSPS) is 10.6. The van der Waals surface area contributed by atoms with Crippen LogP contribution in [0.3, 0.4) is 0 Å². The van der Waals surface area contributed by atoms with Gasteiger partial charge in [0.2, 0.25) is 0 Å². The van der Waals surface area contributed by atoms with E-state index in [0.717, 1.165) is 21.7 Å². The number of rotatable bonds is 3. The van der Waals surface area contributed by atoms with Gasteiger partial charge in [-0.15, -0.1) is 11.3 Å². The van der Waals surface area contributed by atoms with E-state index in [2.05, 4.69) is 4.98 Å². The summed E-state index contributed by atoms with van der Waals surface area (Å²) in [6, 6.07) is 13.9. The van der Waals surface area contributed by atoms with Gasteiger partial charge in [0.1, 0.15) is 0 Å². The SMILES string of the molecule is O=[N+]([O-])c1ccc(-c2sc(=S)[nH]c2-c2ccc(Cl)cc2)cc1. The maximum absolute atomic E-state index is 10.7. The predicted molar refractivity (Wildman–Crippen MR) is 92.0 cm³/mol. The molecule has 0 aliphatic heterocycles. The van der Waals surface area contributed by atoms with Crippen LogP contribution in [-0.4, -0.2) is 9.91 Å². The molecule has 1 aromatic heterocycles. The van der Waals surface area contributed by atoms with Crippen LogP contribution < -0.4 is 0 Å². The first-order valence-corrected chi connectivity index (χ1v) is 7.89. The van der Waals surface area contributed by atoms with Crippen molar-refractivity contribution in [2.24, 2.45) is 0 Å². The molecule has 7 heteroatoms. The van der Waals surface area contributed by atoms with E-state index in [0.29, 0.717) is 8.98 Å². The largest absolute Gasteiger partial charge is 0.336 e. The molecule has 1 N–H and O–H groups in total. The number of aromatic amines is 1. The number of nitrogens with zero attached hydrogens (tertiary/aromatic N) is 1. The summed E-state index contributed by atoms with van der Waals surface area (Å²) in [7, 11) is 0. The zero-order valence-electron chi connectivity index (χ0n) is 11.1. The first-order chi connectivity index (χ1) is 10.5. The number of hydrogen-bond acceptors (Lipinski definition) is 4. The topological polar surface area (TPSA) is 58.9 Å². The third kappa shape index (κ3) is 2.94. The number of halogens is 1. The number of nitro groups is 1. The number of hydrogen-bond donors (Lipinski definition) is 1. The zero-order chi connectivity index (χ0) is 15.7. The summed E-state index contributed by atoms with van der Waals surface area (Å²) in [4.78, 5) is 14.5. The molecule has 0 spiro atoms. The number of thiazole rings is 1. The van der Waals surface area contributed by atoms with Crippen molar-refractivity contribution < 1.29 is 4.92 Å². The lowest BCUT2D eigenvalue weighted by molar-refractivity contribution is -0.384. The van der Waals surface area contributed by atoms with Crippen molar-refractivity contribution in [2.75, 3.05) is 0 Å². The van der Waals surface area contributed by atoms with Gasteiger partial charge in [-0.25, -0.2) is 0 Å². The Bertz CT molecular complexity index is 883. The molecule has 0 unspecified atom stereocenters. The number of nitrogens with one attached hydrogen (secondary N) is 1. The van der Waals surface area contributed by atoms with E-state index in [1.807, 2.05) is 24.3 Å². The van der Waals surface area contributed by atoms with E-state index in [1.54, 1.807) is 12.1 Å². The standard InChI is InChI=1S/C15H9ClN2O2S2/c16-11-5-1-9(2-6-11)13-14(22-15(21)17-13)10-3-7-12(8-4-10)18(19)20/h1-8H,(H,17,21). The highest BCUT2D eigenvalue weighted by Gasteiger charge is 2.13. The molecule has 3 aromatic rings. The summed E-state index contributed by atoms with van der Waals surface area (Å²) in [5.41, 5.74) is 2.80. The van der Waals surface area contributed by atoms with Crippen LogP contribution in [0.1, 0.15) is 0 Å². The van der Waals surface area contributed by atoms with E-state index in [9.17, 15) is 10.1 Å². The Morgan fingerprint density at radius 1 is 1.05 bits per heavy atom. The lowest BCUT2D eigenvalue weighted by Gasteiger charge is -2.04. The minimum atomic E-state index is -0.414. The molecule has 0 aliphatic rings. The van der Waals surface area contributed by atoms with Crippen LogP contribution in [0, 0.1) is 14.1 Å². The first kappa shape index (κ1) is 14.9. The number of H-pyrrole nitrogens is 1. The number of benzene rings is 2. The van der Waals surface area contributed by atoms with Gasteiger partial charge in [-0.1, -0.05) is 23.7 Å². The van der Waals surface area contributed by atoms with Gasteiger partial charge >= 0.3 is 0 Å². The van der Waals surface area contributed by atoms with Crippen molar-refractivity contribution in [2.45, 2.75) is 0 Å². The van der Waals surface area contributed by atoms with E-state index in [1.165, 1.54) is 23.5 Å². The minimum Gasteiger partial charge on any atom is -0.336 e. The molecule has 0 saturated carbocycles. The van der Waals surface area contributed by atoms with Crippen molar-refractivity contribution in [1.82, 2.24) is 4.98 Å². The minimum absolute atomic E-state index is 0.0657. The fourth-order valence-corrected chi connectivity index (χ4v) is 3.43. The van der Waals surface area contributed by atoms with Gasteiger partial charge in [0.15, 0.2) is 3.95 Å². The second kappa shape index (κ2) is 6.00. The van der Waals surface area contributed by atoms with Gasteiger partial charge in [-0.05, 0) is 47.6 Å². The smallest absolute Gasteiger partial charge is 0.269 e. The van der Waals surface area contributed by atoms with Crippen LogP contribution in [0.5, 0.6) is 0 Å². The molecule has 0 aliphatic carbocycles. The molecule has 2 aromatic carbocycles. The molecule has 0 saturated heterocycles. The van der Waals surface area contributed by atoms with Crippen LogP contribution in [0.15, 0.2) is 48.5 Å². The first-order valence-electron chi connectivity index (χ1n) is 6.28. The summed E-state index contributed by atoms with van der Waals surface area (Å²) in [5.74, 6) is 0. The van der Waals surface area contributed by atoms with Crippen LogP contribution in [0.4, 0.5) is 5.69 Å². The average molecular weight is 349 g/mol. The number of aromatic nitrogens is 1. The lowest BCUT2D eigenvalue weighted by atomic mass is 10.1. The highest BCUT2D eigenvalue weighted by molar-refractivity contribution is 7.73. The molecule has 0 radical (unpaired) electrons. The van der Waals surface area contributed by atoms with Crippen LogP contribution in [0.2, 0.25) is 5.02 Å². The second-order valence-corrected chi connectivity index (χ2v) is 6.65. The van der Waals surface area contributed by atoms with Gasteiger partial charge in [-0.3, -0.25) is 10.1 Å². The second-order valence-electron chi connectivity index (χ2n) is 4.53. The lowest BCUT2D eigenvalue weighted by Crippen LogP contribution is -1.87. The van der Waals surface area contributed by atoms with Crippen molar-refractivity contribution in [3.63, 3.8) is 0 Å². The predicted octanol–water partition coefficient (Wildman–Crippen LogP) is 5.70. The van der Waals surface area contributed by atoms with Gasteiger partial charge in [0, 0.05) is 17.2 Å². The third-order valence-corrected chi connectivity index (χ3v) is 4.66. The highest BCUT2D eigenvalue weighted by Crippen LogP contribution is 2.36. The quantitative estimate of drug-likeness (QED) is 0.375. The van der Waals surface area contributed by atoms with Gasteiger partial charge < -0.3 is 4.98 Å². The van der Waals surface area contributed by atoms with Crippen molar-refractivity contribution in [3.05, 3.63) is 67.6 Å². The van der Waals surface area contributed by atoms with Crippen molar-refractivity contribution >= 4 is 40.8 Å². The van der Waals surface area contributed by atoms with Crippen LogP contribution >= 0.6 is 35.2 Å². The average Bonchev–Trinajstić information content (AvgIpc) is 2.90. The Labute approximate surface area is 140 Å². The Morgan fingerprint density at radius 3 is 2.23 bits per heavy atom. The van der Waals surface area contributed by atoms with Crippen molar-refractivity contribution in [3.8, 4) is 21.7 Å². The molecule has 0 bridgehead atoms. The van der Waals surface area contributed by atoms with Gasteiger partial charge in [0.05, 0.1) is 15.5 Å². The zero-order valence-corrected chi connectivity index (χ0v) is 13.5. The highest BCUT2D eigenvalue weighted by atomic mass is 35.5. The van der Waals surface area contributed by atoms with Crippen LogP contribution in [-0.2, 0) is 0 Å². The molecule has 1 heterocycles. The van der Waals surface area contributed by atoms with E-state index < -0.39 is 4.92 Å². The summed E-state index contributed by atoms with van der Waals surface area (Å²) < 4.78 is 0.651. The summed E-state index contributed by atoms with van der Waals surface area (Å²) in [6.45, 7) is 0. The molecular weight excluding hydrogens is 340 g/mol. The van der Waals surface area contributed by atoms with Crippen molar-refractivity contribution in [1.29, 1.82) is 0 Å². The Hall–Kier alpha value is -2.02. The molecule has 3 rings (SSSR count). The van der Waals surface area contributed by atoms with Crippen LogP contribution in [0.25, 0.3) is 21.7 Å². The maximum Gasteiger partial charge on any atom is 0.269 e. The molecule has 0 amide bonds. The monoisotopic (exact) mass is 348 g/mol. The number of non-ortho nitro benzene ring substituents is 1. The summed E-state index contributed by atoms with van der Waals surface area (Å²) >= 11 is 12.6. The van der Waals surface area contributed by atoms with E-state index >= 15 is 0 Å². The fraction of sp³-hybridized carbons (Fsp3) is 0.